The summed E-state index contributed by atoms with van der Waals surface area (Å²) in [6.45, 7) is 3.16. The summed E-state index contributed by atoms with van der Waals surface area (Å²) < 4.78 is 25.7. The number of rotatable bonds is 5. The van der Waals surface area contributed by atoms with Crippen LogP contribution in [0.1, 0.15) is 26.7 Å². The number of alkyl halides is 2. The van der Waals surface area contributed by atoms with E-state index in [0.29, 0.717) is 0 Å². The van der Waals surface area contributed by atoms with E-state index in [2.05, 4.69) is 10.6 Å². The van der Waals surface area contributed by atoms with Gasteiger partial charge in [-0.1, -0.05) is 13.8 Å². The molecule has 1 aliphatic rings. The van der Waals surface area contributed by atoms with Crippen LogP contribution >= 0.6 is 0 Å². The van der Waals surface area contributed by atoms with Crippen LogP contribution in [-0.4, -0.2) is 43.2 Å². The largest absolute Gasteiger partial charge is 0.390 e. The quantitative estimate of drug-likeness (QED) is 0.687. The van der Waals surface area contributed by atoms with Crippen molar-refractivity contribution < 1.29 is 18.7 Å². The van der Waals surface area contributed by atoms with Gasteiger partial charge >= 0.3 is 0 Å². The van der Waals surface area contributed by atoms with Crippen molar-refractivity contribution in [1.29, 1.82) is 0 Å². The molecule has 4 nitrogen and oxygen atoms in total. The Morgan fingerprint density at radius 2 is 2.17 bits per heavy atom. The molecule has 18 heavy (non-hydrogen) atoms. The first-order chi connectivity index (χ1) is 8.29. The molecule has 0 spiro atoms. The van der Waals surface area contributed by atoms with Crippen LogP contribution in [-0.2, 0) is 4.79 Å². The van der Waals surface area contributed by atoms with E-state index >= 15 is 0 Å². The van der Waals surface area contributed by atoms with Gasteiger partial charge in [0.25, 0.3) is 5.92 Å². The Bertz CT molecular complexity index is 290. The number of halogens is 2. The maximum atomic E-state index is 12.9. The second-order valence-electron chi connectivity index (χ2n) is 5.46. The van der Waals surface area contributed by atoms with Crippen molar-refractivity contribution in [2.75, 3.05) is 26.2 Å². The van der Waals surface area contributed by atoms with Gasteiger partial charge in [0.05, 0.1) is 6.54 Å². The van der Waals surface area contributed by atoms with E-state index < -0.39 is 24.5 Å². The molecular formula is C12H22F2N2O2. The first-order valence-electron chi connectivity index (χ1n) is 6.27. The Balaban J connectivity index is 2.53. The molecule has 6 heteroatoms. The standard InChI is InChI=1S/C12H22F2N2O2/c1-11(2,9-4-3-5-15-6-9)10(18)16-7-12(13,14)8-17/h9,15,17H,3-8H2,1-2H3,(H,16,18). The summed E-state index contributed by atoms with van der Waals surface area (Å²) in [6, 6.07) is 0. The molecule has 106 valence electrons. The van der Waals surface area contributed by atoms with Gasteiger partial charge in [0.2, 0.25) is 5.91 Å². The van der Waals surface area contributed by atoms with Crippen molar-refractivity contribution in [3.8, 4) is 0 Å². The van der Waals surface area contributed by atoms with E-state index in [-0.39, 0.29) is 11.8 Å². The zero-order valence-corrected chi connectivity index (χ0v) is 10.9. The average Bonchev–Trinajstić information content (AvgIpc) is 2.37. The predicted molar refractivity (Wildman–Crippen MR) is 64.4 cm³/mol. The number of carbonyl (C=O) groups excluding carboxylic acids is 1. The van der Waals surface area contributed by atoms with Crippen LogP contribution in [0.2, 0.25) is 0 Å². The third-order valence-electron chi connectivity index (χ3n) is 3.64. The smallest absolute Gasteiger partial charge is 0.287 e. The molecule has 0 aliphatic carbocycles. The third-order valence-corrected chi connectivity index (χ3v) is 3.64. The van der Waals surface area contributed by atoms with Gasteiger partial charge in [-0.15, -0.1) is 0 Å². The van der Waals surface area contributed by atoms with Crippen LogP contribution in [0.25, 0.3) is 0 Å². The van der Waals surface area contributed by atoms with Gasteiger partial charge in [0, 0.05) is 5.41 Å². The topological polar surface area (TPSA) is 61.4 Å². The van der Waals surface area contributed by atoms with Crippen LogP contribution in [0.15, 0.2) is 0 Å². The fourth-order valence-electron chi connectivity index (χ4n) is 2.15. The maximum Gasteiger partial charge on any atom is 0.287 e. The molecule has 0 radical (unpaired) electrons. The average molecular weight is 264 g/mol. The summed E-state index contributed by atoms with van der Waals surface area (Å²) >= 11 is 0. The Morgan fingerprint density at radius 1 is 1.50 bits per heavy atom. The van der Waals surface area contributed by atoms with Gasteiger partial charge in [-0.05, 0) is 31.8 Å². The molecule has 0 bridgehead atoms. The number of hydrogen-bond acceptors (Lipinski definition) is 3. The molecule has 1 rings (SSSR count). The van der Waals surface area contributed by atoms with Crippen LogP contribution in [0, 0.1) is 11.3 Å². The van der Waals surface area contributed by atoms with Crippen LogP contribution in [0.4, 0.5) is 8.78 Å². The molecule has 0 aromatic carbocycles. The van der Waals surface area contributed by atoms with Gasteiger partial charge in [0.1, 0.15) is 6.61 Å². The van der Waals surface area contributed by atoms with Crippen LogP contribution in [0.5, 0.6) is 0 Å². The van der Waals surface area contributed by atoms with E-state index in [0.717, 1.165) is 25.9 Å². The van der Waals surface area contributed by atoms with Gasteiger partial charge < -0.3 is 15.7 Å². The highest BCUT2D eigenvalue weighted by molar-refractivity contribution is 5.82. The molecule has 1 heterocycles. The number of nitrogens with one attached hydrogen (secondary N) is 2. The van der Waals surface area contributed by atoms with Crippen molar-refractivity contribution in [1.82, 2.24) is 10.6 Å². The van der Waals surface area contributed by atoms with E-state index in [1.54, 1.807) is 13.8 Å². The van der Waals surface area contributed by atoms with Crippen molar-refractivity contribution in [2.45, 2.75) is 32.6 Å². The Kier molecular flexibility index (Phi) is 5.04. The Morgan fingerprint density at radius 3 is 2.67 bits per heavy atom. The molecule has 0 aromatic heterocycles. The molecule has 1 amide bonds. The first kappa shape index (κ1) is 15.3. The number of aliphatic hydroxyl groups excluding tert-OH is 1. The fraction of sp³-hybridized carbons (Fsp3) is 0.917. The van der Waals surface area contributed by atoms with Crippen molar-refractivity contribution in [3.63, 3.8) is 0 Å². The first-order valence-corrected chi connectivity index (χ1v) is 6.27. The summed E-state index contributed by atoms with van der Waals surface area (Å²) in [4.78, 5) is 12.0. The van der Waals surface area contributed by atoms with Crippen LogP contribution < -0.4 is 10.6 Å². The lowest BCUT2D eigenvalue weighted by Crippen LogP contribution is -2.50. The summed E-state index contributed by atoms with van der Waals surface area (Å²) in [7, 11) is 0. The predicted octanol–water partition coefficient (Wildman–Crippen LogP) is 0.756. The molecule has 1 saturated heterocycles. The van der Waals surface area contributed by atoms with E-state index in [9.17, 15) is 13.6 Å². The maximum absolute atomic E-state index is 12.9. The Labute approximate surface area is 106 Å². The van der Waals surface area contributed by atoms with Crippen LogP contribution in [0.3, 0.4) is 0 Å². The van der Waals surface area contributed by atoms with Crippen molar-refractivity contribution >= 4 is 5.91 Å². The molecular weight excluding hydrogens is 242 g/mol. The monoisotopic (exact) mass is 264 g/mol. The number of amides is 1. The lowest BCUT2D eigenvalue weighted by Gasteiger charge is -2.36. The molecule has 1 atom stereocenters. The molecule has 1 aliphatic heterocycles. The second kappa shape index (κ2) is 5.93. The summed E-state index contributed by atoms with van der Waals surface area (Å²) in [5, 5.41) is 13.9. The highest BCUT2D eigenvalue weighted by atomic mass is 19.3. The number of hydrogen-bond donors (Lipinski definition) is 3. The third kappa shape index (κ3) is 3.88. The van der Waals surface area contributed by atoms with E-state index in [1.165, 1.54) is 0 Å². The van der Waals surface area contributed by atoms with Crippen molar-refractivity contribution in [2.24, 2.45) is 11.3 Å². The van der Waals surface area contributed by atoms with Gasteiger partial charge in [-0.25, -0.2) is 8.78 Å². The molecule has 0 saturated carbocycles. The highest BCUT2D eigenvalue weighted by Crippen LogP contribution is 2.32. The highest BCUT2D eigenvalue weighted by Gasteiger charge is 2.38. The molecule has 0 aromatic rings. The molecule has 1 fully saturated rings. The minimum Gasteiger partial charge on any atom is -0.390 e. The number of aliphatic hydroxyl groups is 1. The minimum absolute atomic E-state index is 0.147. The number of carbonyl (C=O) groups is 1. The second-order valence-corrected chi connectivity index (χ2v) is 5.46. The summed E-state index contributed by atoms with van der Waals surface area (Å²) in [6.07, 6.45) is 1.91. The lowest BCUT2D eigenvalue weighted by atomic mass is 9.74. The Hall–Kier alpha value is -0.750. The number of piperidine rings is 1. The normalized spacial score (nSPS) is 21.7. The van der Waals surface area contributed by atoms with E-state index in [4.69, 9.17) is 5.11 Å². The molecule has 1 unspecified atom stereocenters. The minimum atomic E-state index is -3.25. The van der Waals surface area contributed by atoms with Gasteiger partial charge in [-0.3, -0.25) is 4.79 Å². The SMILES string of the molecule is CC(C)(C(=O)NCC(F)(F)CO)C1CCCNC1. The zero-order chi connectivity index (χ0) is 13.8. The lowest BCUT2D eigenvalue weighted by molar-refractivity contribution is -0.135. The molecule has 3 N–H and O–H groups in total. The van der Waals surface area contributed by atoms with Gasteiger partial charge in [-0.2, -0.15) is 0 Å². The summed E-state index contributed by atoms with van der Waals surface area (Å²) in [5.74, 6) is -3.49. The zero-order valence-electron chi connectivity index (χ0n) is 10.9. The van der Waals surface area contributed by atoms with Gasteiger partial charge in [0.15, 0.2) is 0 Å². The summed E-state index contributed by atoms with van der Waals surface area (Å²) in [5.41, 5.74) is -0.682. The fourth-order valence-corrected chi connectivity index (χ4v) is 2.15. The van der Waals surface area contributed by atoms with E-state index in [1.807, 2.05) is 0 Å². The van der Waals surface area contributed by atoms with Crippen molar-refractivity contribution in [3.05, 3.63) is 0 Å².